The van der Waals surface area contributed by atoms with E-state index in [1.165, 1.54) is 6.08 Å². The lowest BCUT2D eigenvalue weighted by Gasteiger charge is -2.43. The van der Waals surface area contributed by atoms with E-state index < -0.39 is 8.32 Å². The summed E-state index contributed by atoms with van der Waals surface area (Å²) in [6.45, 7) is 12.9. The van der Waals surface area contributed by atoms with E-state index in [4.69, 9.17) is 4.43 Å². The average Bonchev–Trinajstić information content (AvgIpc) is 2.44. The highest BCUT2D eigenvalue weighted by Crippen LogP contribution is 2.45. The van der Waals surface area contributed by atoms with Gasteiger partial charge in [0.2, 0.25) is 5.78 Å². The molecule has 4 heteroatoms. The van der Waals surface area contributed by atoms with Crippen molar-refractivity contribution in [3.8, 4) is 0 Å². The normalized spacial score (nSPS) is 15.7. The maximum atomic E-state index is 12.6. The van der Waals surface area contributed by atoms with Crippen LogP contribution in [0.5, 0.6) is 0 Å². The summed E-state index contributed by atoms with van der Waals surface area (Å²) < 4.78 is 6.17. The van der Waals surface area contributed by atoms with Crippen molar-refractivity contribution in [2.75, 3.05) is 0 Å². The van der Waals surface area contributed by atoms with Gasteiger partial charge in [-0.2, -0.15) is 0 Å². The van der Waals surface area contributed by atoms with E-state index in [9.17, 15) is 9.59 Å². The van der Waals surface area contributed by atoms with Gasteiger partial charge in [-0.15, -0.1) is 0 Å². The van der Waals surface area contributed by atoms with Crippen molar-refractivity contribution in [1.82, 2.24) is 0 Å². The first-order chi connectivity index (χ1) is 10.1. The van der Waals surface area contributed by atoms with E-state index in [1.807, 2.05) is 0 Å². The number of carbonyl (C=O) groups excluding carboxylic acids is 2. The Hall–Kier alpha value is -1.68. The molecule has 1 aromatic carbocycles. The van der Waals surface area contributed by atoms with Crippen LogP contribution in [0.1, 0.15) is 48.4 Å². The predicted molar refractivity (Wildman–Crippen MR) is 90.6 cm³/mol. The molecule has 0 aliphatic heterocycles. The zero-order valence-electron chi connectivity index (χ0n) is 14.2. The van der Waals surface area contributed by atoms with Gasteiger partial charge in [0.05, 0.1) is 0 Å². The summed E-state index contributed by atoms with van der Waals surface area (Å²) in [6, 6.07) is 6.91. The van der Waals surface area contributed by atoms with E-state index >= 15 is 0 Å². The molecule has 1 aliphatic carbocycles. The maximum Gasteiger partial charge on any atom is 0.251 e. The molecule has 0 saturated heterocycles. The summed E-state index contributed by atoms with van der Waals surface area (Å²) in [4.78, 5) is 24.8. The number of Topliss-reactive ketones (excluding diaryl/α,β-unsaturated/α-hetero) is 1. The van der Waals surface area contributed by atoms with Gasteiger partial charge in [0.1, 0.15) is 0 Å². The van der Waals surface area contributed by atoms with E-state index in [0.717, 1.165) is 0 Å². The molecule has 0 aromatic heterocycles. The van der Waals surface area contributed by atoms with Crippen LogP contribution in [0, 0.1) is 5.92 Å². The van der Waals surface area contributed by atoms with Crippen LogP contribution >= 0.6 is 0 Å². The molecule has 1 aromatic rings. The first-order valence-corrected chi connectivity index (χ1v) is 10.6. The third kappa shape index (κ3) is 2.67. The van der Waals surface area contributed by atoms with Gasteiger partial charge < -0.3 is 4.43 Å². The molecular formula is C18H24O3Si. The van der Waals surface area contributed by atoms with E-state index in [0.29, 0.717) is 17.0 Å². The second kappa shape index (κ2) is 5.50. The van der Waals surface area contributed by atoms with Gasteiger partial charge in [0, 0.05) is 17.2 Å². The van der Waals surface area contributed by atoms with Crippen LogP contribution in [0.2, 0.25) is 18.1 Å². The molecule has 1 aliphatic rings. The lowest BCUT2D eigenvalue weighted by atomic mass is 9.94. The maximum absolute atomic E-state index is 12.6. The highest BCUT2D eigenvalue weighted by atomic mass is 28.4. The quantitative estimate of drug-likeness (QED) is 0.762. The molecule has 0 N–H and O–H groups in total. The standard InChI is InChI=1S/C18H24O3Si/c1-12(2)18(3,4)22(5,6)21-16-11-15(19)13-9-7-8-10-14(13)17(16)20/h7-12H,1-6H3. The average molecular weight is 316 g/mol. The Kier molecular flexibility index (Phi) is 4.17. The van der Waals surface area contributed by atoms with Crippen LogP contribution in [0.3, 0.4) is 0 Å². The van der Waals surface area contributed by atoms with Gasteiger partial charge in [0.25, 0.3) is 8.32 Å². The molecule has 0 radical (unpaired) electrons. The van der Waals surface area contributed by atoms with Crippen LogP contribution in [0.25, 0.3) is 0 Å². The second-order valence-electron chi connectivity index (χ2n) is 7.24. The number of rotatable bonds is 4. The molecule has 0 heterocycles. The van der Waals surface area contributed by atoms with Crippen LogP contribution in [0.15, 0.2) is 36.1 Å². The van der Waals surface area contributed by atoms with Gasteiger partial charge >= 0.3 is 0 Å². The minimum absolute atomic E-state index is 0.0197. The molecule has 0 amide bonds. The van der Waals surface area contributed by atoms with E-state index in [1.54, 1.807) is 24.3 Å². The highest BCUT2D eigenvalue weighted by Gasteiger charge is 2.46. The van der Waals surface area contributed by atoms with Crippen molar-refractivity contribution in [1.29, 1.82) is 0 Å². The fraction of sp³-hybridized carbons (Fsp3) is 0.444. The molecule has 118 valence electrons. The van der Waals surface area contributed by atoms with Crippen LogP contribution in [-0.2, 0) is 4.43 Å². The Labute approximate surface area is 133 Å². The van der Waals surface area contributed by atoms with Gasteiger partial charge in [-0.1, -0.05) is 52.0 Å². The van der Waals surface area contributed by atoms with Gasteiger partial charge in [0.15, 0.2) is 11.5 Å². The number of hydrogen-bond donors (Lipinski definition) is 0. The van der Waals surface area contributed by atoms with Gasteiger partial charge in [-0.3, -0.25) is 9.59 Å². The summed E-state index contributed by atoms with van der Waals surface area (Å²) in [5.41, 5.74) is 0.902. The molecular weight excluding hydrogens is 292 g/mol. The molecule has 3 nitrogen and oxygen atoms in total. The topological polar surface area (TPSA) is 43.4 Å². The van der Waals surface area contributed by atoms with E-state index in [2.05, 4.69) is 40.8 Å². The largest absolute Gasteiger partial charge is 0.541 e. The zero-order valence-corrected chi connectivity index (χ0v) is 15.2. The Morgan fingerprint density at radius 1 is 1.05 bits per heavy atom. The molecule has 0 fully saturated rings. The summed E-state index contributed by atoms with van der Waals surface area (Å²) >= 11 is 0. The van der Waals surface area contributed by atoms with Crippen LogP contribution in [-0.4, -0.2) is 19.9 Å². The number of allylic oxidation sites excluding steroid dienone is 2. The lowest BCUT2D eigenvalue weighted by Crippen LogP contribution is -2.46. The van der Waals surface area contributed by atoms with Crippen molar-refractivity contribution in [3.63, 3.8) is 0 Å². The van der Waals surface area contributed by atoms with Crippen molar-refractivity contribution in [2.45, 2.75) is 45.8 Å². The molecule has 0 atom stereocenters. The molecule has 2 rings (SSSR count). The second-order valence-corrected chi connectivity index (χ2v) is 11.7. The minimum Gasteiger partial charge on any atom is -0.541 e. The predicted octanol–water partition coefficient (Wildman–Crippen LogP) is 4.61. The van der Waals surface area contributed by atoms with Crippen LogP contribution in [0.4, 0.5) is 0 Å². The summed E-state index contributed by atoms with van der Waals surface area (Å²) in [5.74, 6) is 0.290. The summed E-state index contributed by atoms with van der Waals surface area (Å²) in [5, 5.41) is -0.0197. The Morgan fingerprint density at radius 2 is 1.59 bits per heavy atom. The molecule has 0 saturated carbocycles. The number of carbonyl (C=O) groups is 2. The third-order valence-electron chi connectivity index (χ3n) is 5.28. The van der Waals surface area contributed by atoms with E-state index in [-0.39, 0.29) is 22.4 Å². The smallest absolute Gasteiger partial charge is 0.251 e. The Bertz CT molecular complexity index is 654. The van der Waals surface area contributed by atoms with Gasteiger partial charge in [-0.05, 0) is 24.1 Å². The van der Waals surface area contributed by atoms with Gasteiger partial charge in [-0.25, -0.2) is 0 Å². The Balaban J connectivity index is 2.36. The first kappa shape index (κ1) is 16.7. The summed E-state index contributed by atoms with van der Waals surface area (Å²) in [7, 11) is -2.22. The Morgan fingerprint density at radius 3 is 2.14 bits per heavy atom. The number of hydrogen-bond acceptors (Lipinski definition) is 3. The number of fused-ring (bicyclic) bond motifs is 1. The molecule has 0 unspecified atom stereocenters. The van der Waals surface area contributed by atoms with Crippen LogP contribution < -0.4 is 0 Å². The fourth-order valence-corrected chi connectivity index (χ4v) is 4.82. The van der Waals surface area contributed by atoms with Crippen molar-refractivity contribution < 1.29 is 14.0 Å². The first-order valence-electron chi connectivity index (χ1n) is 7.66. The molecule has 22 heavy (non-hydrogen) atoms. The molecule has 0 spiro atoms. The SMILES string of the molecule is CC(C)C(C)(C)[Si](C)(C)OC1=CC(=O)c2ccccc2C1=O. The third-order valence-corrected chi connectivity index (χ3v) is 9.69. The molecule has 0 bridgehead atoms. The monoisotopic (exact) mass is 316 g/mol. The fourth-order valence-electron chi connectivity index (χ4n) is 2.47. The van der Waals surface area contributed by atoms with Crippen molar-refractivity contribution in [2.24, 2.45) is 5.92 Å². The van der Waals surface area contributed by atoms with Crippen molar-refractivity contribution in [3.05, 3.63) is 47.2 Å². The minimum atomic E-state index is -2.22. The summed E-state index contributed by atoms with van der Waals surface area (Å²) in [6.07, 6.45) is 1.36. The van der Waals surface area contributed by atoms with Crippen molar-refractivity contribution >= 4 is 19.9 Å². The number of benzene rings is 1. The highest BCUT2D eigenvalue weighted by molar-refractivity contribution is 6.74. The number of ketones is 2. The lowest BCUT2D eigenvalue weighted by molar-refractivity contribution is 0.0941. The zero-order chi connectivity index (χ0) is 16.7.